The van der Waals surface area contributed by atoms with Gasteiger partial charge in [-0.15, -0.1) is 10.2 Å². The zero-order valence-corrected chi connectivity index (χ0v) is 19.4. The van der Waals surface area contributed by atoms with Gasteiger partial charge >= 0.3 is 0 Å². The second kappa shape index (κ2) is 9.48. The van der Waals surface area contributed by atoms with Crippen LogP contribution in [0.4, 0.5) is 17.3 Å². The quantitative estimate of drug-likeness (QED) is 0.272. The van der Waals surface area contributed by atoms with Crippen molar-refractivity contribution in [3.63, 3.8) is 0 Å². The van der Waals surface area contributed by atoms with E-state index in [2.05, 4.69) is 50.1 Å². The molecule has 5 aromatic rings. The molecule has 0 amide bonds. The molecule has 0 fully saturated rings. The third-order valence-corrected chi connectivity index (χ3v) is 6.39. The van der Waals surface area contributed by atoms with E-state index in [1.165, 1.54) is 0 Å². The van der Waals surface area contributed by atoms with Gasteiger partial charge in [0.2, 0.25) is 0 Å². The van der Waals surface area contributed by atoms with Crippen LogP contribution in [-0.2, 0) is 0 Å². The van der Waals surface area contributed by atoms with E-state index in [1.807, 2.05) is 73.9 Å². The van der Waals surface area contributed by atoms with Crippen molar-refractivity contribution < 1.29 is 0 Å². The fraction of sp³-hybridized carbons (Fsp3) is 0.0385. The van der Waals surface area contributed by atoms with Gasteiger partial charge in [-0.3, -0.25) is 0 Å². The van der Waals surface area contributed by atoms with E-state index in [9.17, 15) is 0 Å². The summed E-state index contributed by atoms with van der Waals surface area (Å²) in [6.07, 6.45) is 1.81. The summed E-state index contributed by atoms with van der Waals surface area (Å²) in [5, 5.41) is 18.2. The lowest BCUT2D eigenvalue weighted by Crippen LogP contribution is -1.99. The predicted molar refractivity (Wildman–Crippen MR) is 138 cm³/mol. The van der Waals surface area contributed by atoms with Crippen molar-refractivity contribution in [2.75, 3.05) is 17.7 Å². The van der Waals surface area contributed by atoms with Crippen LogP contribution in [0.3, 0.4) is 0 Å². The van der Waals surface area contributed by atoms with E-state index in [0.29, 0.717) is 5.02 Å². The summed E-state index contributed by atoms with van der Waals surface area (Å²) in [7, 11) is 1.87. The smallest absolute Gasteiger partial charge is 0.161 e. The molecule has 0 aliphatic carbocycles. The summed E-state index contributed by atoms with van der Waals surface area (Å²) >= 11 is 7.74. The predicted octanol–water partition coefficient (Wildman–Crippen LogP) is 7.28. The molecular formula is C26H20ClN5S. The Morgan fingerprint density at radius 1 is 0.788 bits per heavy atom. The van der Waals surface area contributed by atoms with Gasteiger partial charge < -0.3 is 10.6 Å². The molecule has 2 heterocycles. The molecule has 7 heteroatoms. The van der Waals surface area contributed by atoms with E-state index in [-0.39, 0.29) is 0 Å². The number of nitrogens with one attached hydrogen (secondary N) is 2. The topological polar surface area (TPSA) is 62.7 Å². The molecule has 0 saturated carbocycles. The molecule has 2 aromatic heterocycles. The largest absolute Gasteiger partial charge is 0.373 e. The van der Waals surface area contributed by atoms with Crippen molar-refractivity contribution in [3.05, 3.63) is 96.1 Å². The van der Waals surface area contributed by atoms with Gasteiger partial charge in [0.25, 0.3) is 0 Å². The third-order valence-electron chi connectivity index (χ3n) is 5.15. The number of pyridine rings is 1. The van der Waals surface area contributed by atoms with Crippen LogP contribution in [0.5, 0.6) is 0 Å². The molecule has 0 aliphatic rings. The number of hydrogen-bond donors (Lipinski definition) is 2. The van der Waals surface area contributed by atoms with Crippen LogP contribution >= 0.6 is 23.4 Å². The van der Waals surface area contributed by atoms with Crippen LogP contribution in [0.25, 0.3) is 22.0 Å². The Morgan fingerprint density at radius 3 is 2.30 bits per heavy atom. The summed E-state index contributed by atoms with van der Waals surface area (Å²) in [6, 6.07) is 28.1. The first-order chi connectivity index (χ1) is 16.2. The summed E-state index contributed by atoms with van der Waals surface area (Å²) in [5.74, 6) is 1.57. The van der Waals surface area contributed by atoms with Crippen molar-refractivity contribution in [2.45, 2.75) is 9.79 Å². The molecule has 0 aliphatic heterocycles. The van der Waals surface area contributed by atoms with Crippen LogP contribution in [0, 0.1) is 0 Å². The van der Waals surface area contributed by atoms with Gasteiger partial charge in [-0.25, -0.2) is 4.98 Å². The first-order valence-corrected chi connectivity index (χ1v) is 11.6. The van der Waals surface area contributed by atoms with Gasteiger partial charge in [-0.1, -0.05) is 59.8 Å². The lowest BCUT2D eigenvalue weighted by atomic mass is 10.0. The lowest BCUT2D eigenvalue weighted by molar-refractivity contribution is 1.06. The standard InChI is InChI=1S/C26H20ClN5S/c1-28-24-16-21(14-15-29-24)33-20-12-10-19(11-13-20)30-26-23-5-3-2-4-22(23)25(31-32-26)17-6-8-18(27)9-7-17/h2-16H,1H3,(H,28,29)(H,30,32). The fourth-order valence-corrected chi connectivity index (χ4v) is 4.48. The van der Waals surface area contributed by atoms with Crippen LogP contribution in [0.15, 0.2) is 101 Å². The van der Waals surface area contributed by atoms with Gasteiger partial charge in [-0.05, 0) is 48.5 Å². The van der Waals surface area contributed by atoms with Crippen molar-refractivity contribution in [3.8, 4) is 11.3 Å². The average Bonchev–Trinajstić information content (AvgIpc) is 2.86. The molecular weight excluding hydrogens is 450 g/mol. The number of fused-ring (bicyclic) bond motifs is 1. The molecule has 0 bridgehead atoms. The van der Waals surface area contributed by atoms with Crippen molar-refractivity contribution in [2.24, 2.45) is 0 Å². The van der Waals surface area contributed by atoms with E-state index >= 15 is 0 Å². The number of hydrogen-bond acceptors (Lipinski definition) is 6. The Bertz CT molecular complexity index is 1410. The maximum absolute atomic E-state index is 6.05. The fourth-order valence-electron chi connectivity index (χ4n) is 3.51. The van der Waals surface area contributed by atoms with Crippen LogP contribution < -0.4 is 10.6 Å². The molecule has 33 heavy (non-hydrogen) atoms. The van der Waals surface area contributed by atoms with Crippen molar-refractivity contribution >= 4 is 51.5 Å². The van der Waals surface area contributed by atoms with Gasteiger partial charge in [0.15, 0.2) is 5.82 Å². The lowest BCUT2D eigenvalue weighted by Gasteiger charge is -2.12. The van der Waals surface area contributed by atoms with Gasteiger partial charge in [-0.2, -0.15) is 0 Å². The number of rotatable bonds is 6. The van der Waals surface area contributed by atoms with Gasteiger partial charge in [0.05, 0.1) is 0 Å². The van der Waals surface area contributed by atoms with E-state index in [1.54, 1.807) is 11.8 Å². The van der Waals surface area contributed by atoms with Gasteiger partial charge in [0, 0.05) is 50.1 Å². The minimum absolute atomic E-state index is 0.697. The van der Waals surface area contributed by atoms with Crippen LogP contribution in [0.2, 0.25) is 5.02 Å². The summed E-state index contributed by atoms with van der Waals surface area (Å²) < 4.78 is 0. The number of aromatic nitrogens is 3. The molecule has 0 radical (unpaired) electrons. The highest BCUT2D eigenvalue weighted by Crippen LogP contribution is 2.33. The normalized spacial score (nSPS) is 10.8. The average molecular weight is 470 g/mol. The Balaban J connectivity index is 1.40. The Labute approximate surface area is 201 Å². The molecule has 162 valence electrons. The first-order valence-electron chi connectivity index (χ1n) is 10.4. The highest BCUT2D eigenvalue weighted by Gasteiger charge is 2.11. The zero-order valence-electron chi connectivity index (χ0n) is 17.8. The minimum Gasteiger partial charge on any atom is -0.373 e. The highest BCUT2D eigenvalue weighted by molar-refractivity contribution is 7.99. The highest BCUT2D eigenvalue weighted by atomic mass is 35.5. The SMILES string of the molecule is CNc1cc(Sc2ccc(Nc3nnc(-c4ccc(Cl)cc4)c4ccccc34)cc2)ccn1. The second-order valence-corrected chi connectivity index (χ2v) is 8.91. The molecule has 0 saturated heterocycles. The van der Waals surface area contributed by atoms with Crippen molar-refractivity contribution in [1.29, 1.82) is 0 Å². The van der Waals surface area contributed by atoms with Crippen LogP contribution in [-0.4, -0.2) is 22.2 Å². The van der Waals surface area contributed by atoms with Crippen molar-refractivity contribution in [1.82, 2.24) is 15.2 Å². The molecule has 5 nitrogen and oxygen atoms in total. The molecule has 0 spiro atoms. The molecule has 5 rings (SSSR count). The second-order valence-electron chi connectivity index (χ2n) is 7.33. The third kappa shape index (κ3) is 4.77. The number of halogens is 1. The van der Waals surface area contributed by atoms with E-state index < -0.39 is 0 Å². The van der Waals surface area contributed by atoms with E-state index in [0.717, 1.165) is 49.1 Å². The van der Waals surface area contributed by atoms with Crippen LogP contribution in [0.1, 0.15) is 0 Å². The summed E-state index contributed by atoms with van der Waals surface area (Å²) in [4.78, 5) is 6.53. The maximum Gasteiger partial charge on any atom is 0.161 e. The number of anilines is 3. The zero-order chi connectivity index (χ0) is 22.6. The molecule has 3 aromatic carbocycles. The molecule has 0 unspecified atom stereocenters. The monoisotopic (exact) mass is 469 g/mol. The number of nitrogens with zero attached hydrogens (tertiary/aromatic N) is 3. The Kier molecular flexibility index (Phi) is 6.11. The minimum atomic E-state index is 0.697. The van der Waals surface area contributed by atoms with Gasteiger partial charge in [0.1, 0.15) is 11.5 Å². The summed E-state index contributed by atoms with van der Waals surface area (Å²) in [5.41, 5.74) is 2.76. The Hall–Kier alpha value is -3.61. The van der Waals surface area contributed by atoms with E-state index in [4.69, 9.17) is 11.6 Å². The first kappa shape index (κ1) is 21.2. The molecule has 0 atom stereocenters. The number of benzene rings is 3. The molecule has 2 N–H and O–H groups in total. The summed E-state index contributed by atoms with van der Waals surface area (Å²) in [6.45, 7) is 0. The maximum atomic E-state index is 6.05. The Morgan fingerprint density at radius 2 is 1.55 bits per heavy atom.